The molecule has 0 aliphatic carbocycles. The van der Waals surface area contributed by atoms with Gasteiger partial charge in [-0.15, -0.1) is 0 Å². The topological polar surface area (TPSA) is 81.1 Å². The van der Waals surface area contributed by atoms with Crippen molar-refractivity contribution in [3.63, 3.8) is 0 Å². The third kappa shape index (κ3) is 3.92. The highest BCUT2D eigenvalue weighted by Gasteiger charge is 2.12. The van der Waals surface area contributed by atoms with Crippen molar-refractivity contribution < 1.29 is 9.53 Å². The number of halogens is 1. The summed E-state index contributed by atoms with van der Waals surface area (Å²) in [4.78, 5) is 20.5. The Balaban J connectivity index is 1.61. The van der Waals surface area contributed by atoms with Crippen LogP contribution in [0.15, 0.2) is 54.7 Å². The molecule has 2 N–H and O–H groups in total. The minimum atomic E-state index is -0.272. The number of aryl methyl sites for hydroxylation is 2. The molecule has 4 rings (SSSR count). The van der Waals surface area contributed by atoms with Gasteiger partial charge in [0.15, 0.2) is 0 Å². The summed E-state index contributed by atoms with van der Waals surface area (Å²) in [5.74, 6) is 1.52. The van der Waals surface area contributed by atoms with Crippen LogP contribution in [-0.2, 0) is 7.05 Å². The smallest absolute Gasteiger partial charge is 0.269 e. The Morgan fingerprint density at radius 2 is 1.90 bits per heavy atom. The summed E-state index contributed by atoms with van der Waals surface area (Å²) in [6.45, 7) is 1.99. The molecule has 1 amide bonds. The van der Waals surface area contributed by atoms with Gasteiger partial charge in [0.25, 0.3) is 5.91 Å². The van der Waals surface area contributed by atoms with Gasteiger partial charge in [0.1, 0.15) is 17.2 Å². The zero-order valence-electron chi connectivity index (χ0n) is 16.7. The number of ether oxygens (including phenoxy) is 1. The first kappa shape index (κ1) is 19.7. The number of hydrogen-bond donors (Lipinski definition) is 2. The van der Waals surface area contributed by atoms with Crippen molar-refractivity contribution in [3.8, 4) is 11.5 Å². The number of carbonyl (C=O) groups excluding carboxylic acids is 1. The van der Waals surface area contributed by atoms with Crippen LogP contribution in [0.4, 0.5) is 11.6 Å². The van der Waals surface area contributed by atoms with E-state index in [9.17, 15) is 4.79 Å². The van der Waals surface area contributed by atoms with Crippen LogP contribution in [0.3, 0.4) is 0 Å². The van der Waals surface area contributed by atoms with E-state index in [4.69, 9.17) is 16.3 Å². The van der Waals surface area contributed by atoms with Crippen LogP contribution >= 0.6 is 11.6 Å². The van der Waals surface area contributed by atoms with Crippen molar-refractivity contribution in [1.29, 1.82) is 0 Å². The van der Waals surface area contributed by atoms with Gasteiger partial charge < -0.3 is 19.9 Å². The Morgan fingerprint density at radius 1 is 1.10 bits per heavy atom. The highest BCUT2D eigenvalue weighted by atomic mass is 35.5. The largest absolute Gasteiger partial charge is 0.457 e. The number of rotatable bonds is 5. The molecule has 0 saturated heterocycles. The number of nitrogens with zero attached hydrogens (tertiary/aromatic N) is 3. The van der Waals surface area contributed by atoms with Crippen LogP contribution in [0.25, 0.3) is 11.0 Å². The standard InChI is InChI=1S/C22H20ClN5O2/c1-13-4-6-17(16(23)10-13)26-22-27-18-11-14(5-7-20(18)28(22)3)30-15-8-9-25-19(12-15)21(29)24-2/h4-12H,1-3H3,(H,24,29)(H,26,27). The molecule has 2 aromatic carbocycles. The number of benzene rings is 2. The van der Waals surface area contributed by atoms with Crippen LogP contribution in [-0.4, -0.2) is 27.5 Å². The molecule has 2 aromatic heterocycles. The summed E-state index contributed by atoms with van der Waals surface area (Å²) in [6, 6.07) is 14.7. The summed E-state index contributed by atoms with van der Waals surface area (Å²) in [7, 11) is 3.49. The Kier molecular flexibility index (Phi) is 5.29. The number of anilines is 2. The van der Waals surface area contributed by atoms with Gasteiger partial charge in [-0.05, 0) is 42.8 Å². The predicted octanol–water partition coefficient (Wildman–Crippen LogP) is 4.83. The van der Waals surface area contributed by atoms with E-state index in [-0.39, 0.29) is 11.6 Å². The molecule has 0 aliphatic rings. The van der Waals surface area contributed by atoms with Crippen molar-refractivity contribution >= 4 is 40.2 Å². The quantitative estimate of drug-likeness (QED) is 0.482. The lowest BCUT2D eigenvalue weighted by Crippen LogP contribution is -2.18. The van der Waals surface area contributed by atoms with Crippen molar-refractivity contribution in [3.05, 3.63) is 71.0 Å². The van der Waals surface area contributed by atoms with Gasteiger partial charge in [-0.25, -0.2) is 4.98 Å². The van der Waals surface area contributed by atoms with E-state index in [1.165, 1.54) is 6.20 Å². The number of aromatic nitrogens is 3. The summed E-state index contributed by atoms with van der Waals surface area (Å²) in [6.07, 6.45) is 1.53. The van der Waals surface area contributed by atoms with Gasteiger partial charge in [0, 0.05) is 32.4 Å². The van der Waals surface area contributed by atoms with Crippen molar-refractivity contribution in [2.24, 2.45) is 7.05 Å². The molecule has 0 radical (unpaired) electrons. The Hall–Kier alpha value is -3.58. The Morgan fingerprint density at radius 3 is 2.67 bits per heavy atom. The second-order valence-corrected chi connectivity index (χ2v) is 7.22. The molecule has 152 valence electrons. The maximum absolute atomic E-state index is 11.8. The second kappa shape index (κ2) is 8.04. The average molecular weight is 422 g/mol. The maximum Gasteiger partial charge on any atom is 0.269 e. The van der Waals surface area contributed by atoms with E-state index in [0.717, 1.165) is 22.3 Å². The molecule has 2 heterocycles. The number of nitrogens with one attached hydrogen (secondary N) is 2. The fraction of sp³-hybridized carbons (Fsp3) is 0.136. The molecule has 8 heteroatoms. The van der Waals surface area contributed by atoms with Gasteiger partial charge in [-0.3, -0.25) is 9.78 Å². The highest BCUT2D eigenvalue weighted by Crippen LogP contribution is 2.30. The molecule has 0 aliphatic heterocycles. The monoisotopic (exact) mass is 421 g/mol. The Bertz CT molecular complexity index is 1250. The molecule has 0 unspecified atom stereocenters. The molecule has 0 atom stereocenters. The first-order valence-corrected chi connectivity index (χ1v) is 9.68. The number of carbonyl (C=O) groups is 1. The van der Waals surface area contributed by atoms with Crippen LogP contribution in [0.1, 0.15) is 16.1 Å². The number of amides is 1. The third-order valence-corrected chi connectivity index (χ3v) is 4.96. The molecule has 0 spiro atoms. The molecular formula is C22H20ClN5O2. The van der Waals surface area contributed by atoms with Crippen molar-refractivity contribution in [2.75, 3.05) is 12.4 Å². The van der Waals surface area contributed by atoms with Gasteiger partial charge >= 0.3 is 0 Å². The molecule has 4 aromatic rings. The predicted molar refractivity (Wildman–Crippen MR) is 118 cm³/mol. The number of fused-ring (bicyclic) bond motifs is 1. The zero-order chi connectivity index (χ0) is 21.3. The normalized spacial score (nSPS) is 10.8. The van der Waals surface area contributed by atoms with Crippen LogP contribution in [0.2, 0.25) is 5.02 Å². The number of imidazole rings is 1. The third-order valence-electron chi connectivity index (χ3n) is 4.65. The SMILES string of the molecule is CNC(=O)c1cc(Oc2ccc3c(c2)nc(Nc2ccc(C)cc2Cl)n3C)ccn1. The summed E-state index contributed by atoms with van der Waals surface area (Å²) in [5.41, 5.74) is 3.87. The minimum absolute atomic E-state index is 0.272. The molecular weight excluding hydrogens is 402 g/mol. The van der Waals surface area contributed by atoms with Crippen LogP contribution < -0.4 is 15.4 Å². The number of hydrogen-bond acceptors (Lipinski definition) is 5. The van der Waals surface area contributed by atoms with Gasteiger partial charge in [-0.2, -0.15) is 0 Å². The number of pyridine rings is 1. The lowest BCUT2D eigenvalue weighted by atomic mass is 10.2. The van der Waals surface area contributed by atoms with Gasteiger partial charge in [-0.1, -0.05) is 17.7 Å². The van der Waals surface area contributed by atoms with E-state index in [1.54, 1.807) is 19.2 Å². The summed E-state index contributed by atoms with van der Waals surface area (Å²) >= 11 is 6.34. The van der Waals surface area contributed by atoms with E-state index < -0.39 is 0 Å². The minimum Gasteiger partial charge on any atom is -0.457 e. The fourth-order valence-electron chi connectivity index (χ4n) is 3.06. The first-order valence-electron chi connectivity index (χ1n) is 9.30. The zero-order valence-corrected chi connectivity index (χ0v) is 17.5. The summed E-state index contributed by atoms with van der Waals surface area (Å²) in [5, 5.41) is 6.46. The van der Waals surface area contributed by atoms with Crippen molar-refractivity contribution in [1.82, 2.24) is 19.9 Å². The highest BCUT2D eigenvalue weighted by molar-refractivity contribution is 6.33. The summed E-state index contributed by atoms with van der Waals surface area (Å²) < 4.78 is 7.86. The van der Waals surface area contributed by atoms with Crippen LogP contribution in [0.5, 0.6) is 11.5 Å². The first-order chi connectivity index (χ1) is 14.4. The molecule has 7 nitrogen and oxygen atoms in total. The molecule has 0 saturated carbocycles. The van der Waals surface area contributed by atoms with E-state index in [1.807, 2.05) is 54.9 Å². The van der Waals surface area contributed by atoms with E-state index in [2.05, 4.69) is 20.6 Å². The maximum atomic E-state index is 11.8. The van der Waals surface area contributed by atoms with E-state index in [0.29, 0.717) is 22.5 Å². The van der Waals surface area contributed by atoms with Gasteiger partial charge in [0.2, 0.25) is 5.95 Å². The molecule has 0 bridgehead atoms. The second-order valence-electron chi connectivity index (χ2n) is 6.81. The van der Waals surface area contributed by atoms with Crippen molar-refractivity contribution in [2.45, 2.75) is 6.92 Å². The van der Waals surface area contributed by atoms with E-state index >= 15 is 0 Å². The van der Waals surface area contributed by atoms with Gasteiger partial charge in [0.05, 0.1) is 21.7 Å². The lowest BCUT2D eigenvalue weighted by Gasteiger charge is -2.08. The molecule has 0 fully saturated rings. The Labute approximate surface area is 178 Å². The fourth-order valence-corrected chi connectivity index (χ4v) is 3.34. The lowest BCUT2D eigenvalue weighted by molar-refractivity contribution is 0.0958. The van der Waals surface area contributed by atoms with Crippen LogP contribution in [0, 0.1) is 6.92 Å². The molecule has 30 heavy (non-hydrogen) atoms. The average Bonchev–Trinajstić information content (AvgIpc) is 3.04.